The van der Waals surface area contributed by atoms with Gasteiger partial charge in [0.05, 0.1) is 13.1 Å². The fourth-order valence-electron chi connectivity index (χ4n) is 1.65. The highest BCUT2D eigenvalue weighted by atomic mass is 35.5. The summed E-state index contributed by atoms with van der Waals surface area (Å²) in [4.78, 5) is 34.3. The third kappa shape index (κ3) is 6.11. The summed E-state index contributed by atoms with van der Waals surface area (Å²) in [5, 5.41) is 7.74. The molecule has 3 amide bonds. The van der Waals surface area contributed by atoms with E-state index in [1.807, 2.05) is 6.92 Å². The van der Waals surface area contributed by atoms with Crippen LogP contribution in [0, 0.1) is 6.92 Å². The first-order chi connectivity index (χ1) is 9.97. The molecule has 0 aliphatic rings. The van der Waals surface area contributed by atoms with Crippen molar-refractivity contribution in [3.63, 3.8) is 0 Å². The first-order valence-corrected chi connectivity index (χ1v) is 6.63. The minimum Gasteiger partial charge on any atom is -0.352 e. The Morgan fingerprint density at radius 3 is 2.36 bits per heavy atom. The number of halogens is 1. The summed E-state index contributed by atoms with van der Waals surface area (Å²) < 4.78 is 0. The maximum Gasteiger partial charge on any atom is 0.251 e. The molecule has 1 aromatic rings. The lowest BCUT2D eigenvalue weighted by molar-refractivity contribution is -0.123. The van der Waals surface area contributed by atoms with E-state index in [0.717, 1.165) is 5.56 Å². The van der Waals surface area contributed by atoms with Gasteiger partial charge < -0.3 is 21.7 Å². The van der Waals surface area contributed by atoms with Crippen LogP contribution in [0.1, 0.15) is 22.8 Å². The molecule has 0 unspecified atom stereocenters. The highest BCUT2D eigenvalue weighted by molar-refractivity contribution is 5.97. The smallest absolute Gasteiger partial charge is 0.251 e. The van der Waals surface area contributed by atoms with Gasteiger partial charge in [-0.25, -0.2) is 0 Å². The minimum atomic E-state index is -0.395. The molecule has 8 heteroatoms. The number of hydrogen-bond acceptors (Lipinski definition) is 4. The summed E-state index contributed by atoms with van der Waals surface area (Å²) in [6.07, 6.45) is 0. The van der Waals surface area contributed by atoms with E-state index in [2.05, 4.69) is 16.0 Å². The minimum absolute atomic E-state index is 0. The first-order valence-electron chi connectivity index (χ1n) is 6.63. The second-order valence-electron chi connectivity index (χ2n) is 4.42. The van der Waals surface area contributed by atoms with Crippen LogP contribution in [-0.2, 0) is 9.59 Å². The summed E-state index contributed by atoms with van der Waals surface area (Å²) in [5.74, 6) is -0.909. The van der Waals surface area contributed by atoms with E-state index in [9.17, 15) is 14.4 Å². The summed E-state index contributed by atoms with van der Waals surface area (Å²) in [6.45, 7) is 3.88. The second kappa shape index (κ2) is 9.75. The predicted molar refractivity (Wildman–Crippen MR) is 87.1 cm³/mol. The van der Waals surface area contributed by atoms with Gasteiger partial charge >= 0.3 is 0 Å². The first kappa shape index (κ1) is 19.9. The molecule has 0 spiro atoms. The molecule has 0 radical (unpaired) electrons. The van der Waals surface area contributed by atoms with Gasteiger partial charge in [-0.1, -0.05) is 0 Å². The molecule has 1 rings (SSSR count). The highest BCUT2D eigenvalue weighted by Crippen LogP contribution is 2.16. The van der Waals surface area contributed by atoms with Crippen LogP contribution in [0.4, 0.5) is 5.69 Å². The van der Waals surface area contributed by atoms with Gasteiger partial charge in [-0.05, 0) is 37.6 Å². The fourth-order valence-corrected chi connectivity index (χ4v) is 1.65. The Balaban J connectivity index is 0.00000441. The molecule has 0 fully saturated rings. The molecule has 0 bridgehead atoms. The van der Waals surface area contributed by atoms with E-state index < -0.39 is 5.91 Å². The van der Waals surface area contributed by atoms with Crippen LogP contribution >= 0.6 is 12.4 Å². The molecule has 22 heavy (non-hydrogen) atoms. The van der Waals surface area contributed by atoms with Gasteiger partial charge in [0.25, 0.3) is 5.91 Å². The Kier molecular flexibility index (Phi) is 8.81. The van der Waals surface area contributed by atoms with Crippen molar-refractivity contribution in [3.8, 4) is 0 Å². The number of aryl methyl sites for hydroxylation is 1. The normalized spacial score (nSPS) is 9.41. The molecular weight excluding hydrogens is 308 g/mol. The zero-order chi connectivity index (χ0) is 15.8. The van der Waals surface area contributed by atoms with Gasteiger partial charge in [-0.3, -0.25) is 14.4 Å². The topological polar surface area (TPSA) is 113 Å². The quantitative estimate of drug-likeness (QED) is 0.596. The number of carbonyl (C=O) groups excluding carboxylic acids is 3. The van der Waals surface area contributed by atoms with Crippen LogP contribution in [0.5, 0.6) is 0 Å². The molecule has 122 valence electrons. The third-order valence-electron chi connectivity index (χ3n) is 2.73. The predicted octanol–water partition coefficient (Wildman–Crippen LogP) is 0.180. The maximum atomic E-state index is 11.7. The van der Waals surface area contributed by atoms with Crippen molar-refractivity contribution in [1.82, 2.24) is 10.6 Å². The standard InChI is InChI=1S/C14H20N4O3.ClH/c1-3-16-14(21)10-4-5-11(9(2)6-10)18-13(20)8-17-12(19)7-15;/h4-6H,3,7-8,15H2,1-2H3,(H,16,21)(H,17,19)(H,18,20);1H. The molecule has 0 saturated carbocycles. The Labute approximate surface area is 135 Å². The highest BCUT2D eigenvalue weighted by Gasteiger charge is 2.09. The lowest BCUT2D eigenvalue weighted by atomic mass is 10.1. The van der Waals surface area contributed by atoms with Gasteiger partial charge in [0.2, 0.25) is 11.8 Å². The van der Waals surface area contributed by atoms with Crippen LogP contribution in [-0.4, -0.2) is 37.4 Å². The van der Waals surface area contributed by atoms with E-state index in [4.69, 9.17) is 5.73 Å². The van der Waals surface area contributed by atoms with Crippen LogP contribution in [0.3, 0.4) is 0 Å². The number of carbonyl (C=O) groups is 3. The molecule has 0 heterocycles. The maximum absolute atomic E-state index is 11.7. The monoisotopic (exact) mass is 328 g/mol. The van der Waals surface area contributed by atoms with Crippen molar-refractivity contribution in [2.75, 3.05) is 25.0 Å². The Bertz CT molecular complexity index is 549. The summed E-state index contributed by atoms with van der Waals surface area (Å²) in [6, 6.07) is 4.98. The SMILES string of the molecule is CCNC(=O)c1ccc(NC(=O)CNC(=O)CN)c(C)c1.Cl. The van der Waals surface area contributed by atoms with E-state index in [1.54, 1.807) is 25.1 Å². The van der Waals surface area contributed by atoms with Gasteiger partial charge in [0.1, 0.15) is 0 Å². The number of amides is 3. The molecule has 0 atom stereocenters. The fraction of sp³-hybridized carbons (Fsp3) is 0.357. The summed E-state index contributed by atoms with van der Waals surface area (Å²) >= 11 is 0. The Hall–Kier alpha value is -2.12. The Morgan fingerprint density at radius 1 is 1.14 bits per heavy atom. The lowest BCUT2D eigenvalue weighted by Gasteiger charge is -2.10. The number of benzene rings is 1. The zero-order valence-electron chi connectivity index (χ0n) is 12.6. The summed E-state index contributed by atoms with van der Waals surface area (Å²) in [7, 11) is 0. The molecule has 0 saturated heterocycles. The van der Waals surface area contributed by atoms with Crippen molar-refractivity contribution >= 4 is 35.8 Å². The average Bonchev–Trinajstić information content (AvgIpc) is 2.47. The lowest BCUT2D eigenvalue weighted by Crippen LogP contribution is -2.36. The van der Waals surface area contributed by atoms with E-state index in [1.165, 1.54) is 0 Å². The number of nitrogens with two attached hydrogens (primary N) is 1. The molecule has 1 aromatic carbocycles. The number of anilines is 1. The van der Waals surface area contributed by atoms with E-state index >= 15 is 0 Å². The molecule has 5 N–H and O–H groups in total. The summed E-state index contributed by atoms with van der Waals surface area (Å²) in [5.41, 5.74) is 7.01. The number of rotatable bonds is 6. The zero-order valence-corrected chi connectivity index (χ0v) is 13.4. The number of nitrogens with one attached hydrogen (secondary N) is 3. The molecule has 7 nitrogen and oxygen atoms in total. The molecule has 0 aliphatic heterocycles. The van der Waals surface area contributed by atoms with Gasteiger partial charge in [-0.2, -0.15) is 0 Å². The van der Waals surface area contributed by atoms with Crippen LogP contribution < -0.4 is 21.7 Å². The van der Waals surface area contributed by atoms with Crippen molar-refractivity contribution in [2.24, 2.45) is 5.73 Å². The van der Waals surface area contributed by atoms with Crippen LogP contribution in [0.25, 0.3) is 0 Å². The largest absolute Gasteiger partial charge is 0.352 e. The van der Waals surface area contributed by atoms with E-state index in [0.29, 0.717) is 17.8 Å². The van der Waals surface area contributed by atoms with Crippen molar-refractivity contribution in [3.05, 3.63) is 29.3 Å². The van der Waals surface area contributed by atoms with Gasteiger partial charge in [-0.15, -0.1) is 12.4 Å². The van der Waals surface area contributed by atoms with Crippen molar-refractivity contribution in [1.29, 1.82) is 0 Å². The molecular formula is C14H21ClN4O3. The second-order valence-corrected chi connectivity index (χ2v) is 4.42. The third-order valence-corrected chi connectivity index (χ3v) is 2.73. The van der Waals surface area contributed by atoms with Crippen molar-refractivity contribution in [2.45, 2.75) is 13.8 Å². The van der Waals surface area contributed by atoms with Gasteiger partial charge in [0, 0.05) is 17.8 Å². The van der Waals surface area contributed by atoms with Gasteiger partial charge in [0.15, 0.2) is 0 Å². The van der Waals surface area contributed by atoms with Crippen LogP contribution in [0.15, 0.2) is 18.2 Å². The Morgan fingerprint density at radius 2 is 1.82 bits per heavy atom. The van der Waals surface area contributed by atoms with E-state index in [-0.39, 0.29) is 37.3 Å². The molecule has 0 aromatic heterocycles. The average molecular weight is 329 g/mol. The number of hydrogen-bond donors (Lipinski definition) is 4. The molecule has 0 aliphatic carbocycles. The van der Waals surface area contributed by atoms with Crippen molar-refractivity contribution < 1.29 is 14.4 Å². The van der Waals surface area contributed by atoms with Crippen LogP contribution in [0.2, 0.25) is 0 Å².